The van der Waals surface area contributed by atoms with Crippen LogP contribution in [-0.2, 0) is 6.54 Å². The Bertz CT molecular complexity index is 515. The average Bonchev–Trinajstić information content (AvgIpc) is 2.93. The summed E-state index contributed by atoms with van der Waals surface area (Å²) in [4.78, 5) is 3.91. The molecule has 1 aliphatic rings. The van der Waals surface area contributed by atoms with Crippen LogP contribution < -0.4 is 0 Å². The molecule has 0 atom stereocenters. The summed E-state index contributed by atoms with van der Waals surface area (Å²) in [5, 5.41) is 0. The quantitative estimate of drug-likeness (QED) is 0.742. The zero-order valence-electron chi connectivity index (χ0n) is 8.08. The SMILES string of the molecule is Fc1ccc2c(ncn2CC2CC2)c1F. The highest BCUT2D eigenvalue weighted by atomic mass is 19.2. The van der Waals surface area contributed by atoms with Crippen LogP contribution in [0.15, 0.2) is 18.5 Å². The third-order valence-electron chi connectivity index (χ3n) is 2.84. The second kappa shape index (κ2) is 3.02. The first-order valence-electron chi connectivity index (χ1n) is 5.04. The molecule has 0 N–H and O–H groups in total. The Labute approximate surface area is 85.5 Å². The molecule has 1 aromatic heterocycles. The van der Waals surface area contributed by atoms with Crippen LogP contribution in [0.5, 0.6) is 0 Å². The van der Waals surface area contributed by atoms with E-state index in [-0.39, 0.29) is 5.52 Å². The molecule has 78 valence electrons. The van der Waals surface area contributed by atoms with Gasteiger partial charge in [0.25, 0.3) is 0 Å². The zero-order valence-corrected chi connectivity index (χ0v) is 8.08. The van der Waals surface area contributed by atoms with Crippen molar-refractivity contribution in [3.05, 3.63) is 30.1 Å². The van der Waals surface area contributed by atoms with E-state index in [1.54, 1.807) is 12.4 Å². The number of rotatable bonds is 2. The molecule has 2 nitrogen and oxygen atoms in total. The molecule has 2 aromatic rings. The summed E-state index contributed by atoms with van der Waals surface area (Å²) < 4.78 is 28.1. The lowest BCUT2D eigenvalue weighted by Crippen LogP contribution is -1.97. The van der Waals surface area contributed by atoms with Gasteiger partial charge in [-0.1, -0.05) is 0 Å². The van der Waals surface area contributed by atoms with E-state index in [2.05, 4.69) is 4.98 Å². The fraction of sp³-hybridized carbons (Fsp3) is 0.364. The molecule has 1 aliphatic carbocycles. The molecule has 0 radical (unpaired) electrons. The van der Waals surface area contributed by atoms with Gasteiger partial charge in [0.15, 0.2) is 11.6 Å². The van der Waals surface area contributed by atoms with Gasteiger partial charge in [0, 0.05) is 6.54 Å². The van der Waals surface area contributed by atoms with Gasteiger partial charge in [0.2, 0.25) is 0 Å². The second-order valence-corrected chi connectivity index (χ2v) is 4.07. The first kappa shape index (κ1) is 8.83. The fourth-order valence-corrected chi connectivity index (χ4v) is 1.80. The lowest BCUT2D eigenvalue weighted by molar-refractivity contribution is 0.515. The Kier molecular flexibility index (Phi) is 1.78. The molecule has 15 heavy (non-hydrogen) atoms. The van der Waals surface area contributed by atoms with Crippen LogP contribution in [-0.4, -0.2) is 9.55 Å². The van der Waals surface area contributed by atoms with Crippen molar-refractivity contribution in [3.63, 3.8) is 0 Å². The molecule has 0 unspecified atom stereocenters. The van der Waals surface area contributed by atoms with E-state index in [0.717, 1.165) is 12.6 Å². The predicted molar refractivity (Wildman–Crippen MR) is 52.4 cm³/mol. The van der Waals surface area contributed by atoms with Gasteiger partial charge in [0.05, 0.1) is 11.8 Å². The number of imidazole rings is 1. The summed E-state index contributed by atoms with van der Waals surface area (Å²) in [6, 6.07) is 2.74. The predicted octanol–water partition coefficient (Wildman–Crippen LogP) is 2.72. The molecule has 1 fully saturated rings. The number of hydrogen-bond acceptors (Lipinski definition) is 1. The van der Waals surface area contributed by atoms with Crippen molar-refractivity contribution in [2.45, 2.75) is 19.4 Å². The van der Waals surface area contributed by atoms with Gasteiger partial charge in [-0.15, -0.1) is 0 Å². The summed E-state index contributed by atoms with van der Waals surface area (Å²) in [5.74, 6) is -0.989. The normalized spacial score (nSPS) is 16.1. The lowest BCUT2D eigenvalue weighted by atomic mass is 10.3. The van der Waals surface area contributed by atoms with Crippen LogP contribution in [0.3, 0.4) is 0 Å². The van der Waals surface area contributed by atoms with Gasteiger partial charge in [-0.3, -0.25) is 0 Å². The van der Waals surface area contributed by atoms with Crippen molar-refractivity contribution in [1.82, 2.24) is 9.55 Å². The molecular weight excluding hydrogens is 198 g/mol. The van der Waals surface area contributed by atoms with E-state index >= 15 is 0 Å². The number of benzene rings is 1. The van der Waals surface area contributed by atoms with Gasteiger partial charge in [0.1, 0.15) is 5.52 Å². The minimum absolute atomic E-state index is 0.135. The molecule has 1 saturated carbocycles. The van der Waals surface area contributed by atoms with Crippen LogP contribution in [0.4, 0.5) is 8.78 Å². The summed E-state index contributed by atoms with van der Waals surface area (Å²) in [6.45, 7) is 0.863. The largest absolute Gasteiger partial charge is 0.330 e. The Hall–Kier alpha value is -1.45. The van der Waals surface area contributed by atoms with Crippen molar-refractivity contribution in [2.75, 3.05) is 0 Å². The first-order chi connectivity index (χ1) is 7.25. The standard InChI is InChI=1S/C11H10F2N2/c12-8-3-4-9-11(10(8)13)14-6-15(9)5-7-1-2-7/h3-4,6-7H,1-2,5H2. The molecule has 0 bridgehead atoms. The molecular formula is C11H10F2N2. The third kappa shape index (κ3) is 1.40. The van der Waals surface area contributed by atoms with Gasteiger partial charge in [-0.05, 0) is 30.9 Å². The Morgan fingerprint density at radius 2 is 2.13 bits per heavy atom. The molecule has 1 heterocycles. The van der Waals surface area contributed by atoms with E-state index in [1.807, 2.05) is 4.57 Å². The topological polar surface area (TPSA) is 17.8 Å². The van der Waals surface area contributed by atoms with Crippen LogP contribution >= 0.6 is 0 Å². The number of aromatic nitrogens is 2. The minimum Gasteiger partial charge on any atom is -0.330 e. The van der Waals surface area contributed by atoms with Crippen LogP contribution in [0.25, 0.3) is 11.0 Å². The van der Waals surface area contributed by atoms with Crippen molar-refractivity contribution < 1.29 is 8.78 Å². The molecule has 0 spiro atoms. The number of nitrogens with zero attached hydrogens (tertiary/aromatic N) is 2. The zero-order chi connectivity index (χ0) is 10.4. The van der Waals surface area contributed by atoms with E-state index < -0.39 is 11.6 Å². The van der Waals surface area contributed by atoms with Gasteiger partial charge in [-0.2, -0.15) is 0 Å². The highest BCUT2D eigenvalue weighted by Gasteiger charge is 2.23. The van der Waals surface area contributed by atoms with E-state index in [4.69, 9.17) is 0 Å². The Morgan fingerprint density at radius 3 is 2.87 bits per heavy atom. The maximum absolute atomic E-state index is 13.3. The minimum atomic E-state index is -0.845. The van der Waals surface area contributed by atoms with Gasteiger partial charge in [-0.25, -0.2) is 13.8 Å². The fourth-order valence-electron chi connectivity index (χ4n) is 1.80. The van der Waals surface area contributed by atoms with Crippen molar-refractivity contribution in [2.24, 2.45) is 5.92 Å². The number of hydrogen-bond donors (Lipinski definition) is 0. The van der Waals surface area contributed by atoms with Crippen LogP contribution in [0, 0.1) is 17.6 Å². The molecule has 0 amide bonds. The first-order valence-corrected chi connectivity index (χ1v) is 5.04. The van der Waals surface area contributed by atoms with Crippen molar-refractivity contribution in [3.8, 4) is 0 Å². The van der Waals surface area contributed by atoms with E-state index in [9.17, 15) is 8.78 Å². The second-order valence-electron chi connectivity index (χ2n) is 4.07. The van der Waals surface area contributed by atoms with Crippen molar-refractivity contribution >= 4 is 11.0 Å². The van der Waals surface area contributed by atoms with Gasteiger partial charge < -0.3 is 4.57 Å². The maximum atomic E-state index is 13.3. The summed E-state index contributed by atoms with van der Waals surface area (Å²) in [6.07, 6.45) is 4.04. The van der Waals surface area contributed by atoms with E-state index in [1.165, 1.54) is 12.8 Å². The molecule has 0 aliphatic heterocycles. The summed E-state index contributed by atoms with van der Waals surface area (Å²) in [7, 11) is 0. The van der Waals surface area contributed by atoms with E-state index in [0.29, 0.717) is 11.4 Å². The molecule has 1 aromatic carbocycles. The molecule has 0 saturated heterocycles. The van der Waals surface area contributed by atoms with Crippen LogP contribution in [0.2, 0.25) is 0 Å². The third-order valence-corrected chi connectivity index (χ3v) is 2.84. The highest BCUT2D eigenvalue weighted by molar-refractivity contribution is 5.75. The lowest BCUT2D eigenvalue weighted by Gasteiger charge is -2.02. The van der Waals surface area contributed by atoms with Crippen molar-refractivity contribution in [1.29, 1.82) is 0 Å². The Morgan fingerprint density at radius 1 is 1.33 bits per heavy atom. The maximum Gasteiger partial charge on any atom is 0.186 e. The summed E-state index contributed by atoms with van der Waals surface area (Å²) >= 11 is 0. The summed E-state index contributed by atoms with van der Waals surface area (Å²) in [5.41, 5.74) is 0.816. The smallest absolute Gasteiger partial charge is 0.186 e. The van der Waals surface area contributed by atoms with Gasteiger partial charge >= 0.3 is 0 Å². The van der Waals surface area contributed by atoms with Crippen LogP contribution in [0.1, 0.15) is 12.8 Å². The number of fused-ring (bicyclic) bond motifs is 1. The monoisotopic (exact) mass is 208 g/mol. The highest BCUT2D eigenvalue weighted by Crippen LogP contribution is 2.32. The number of halogens is 2. The average molecular weight is 208 g/mol. The molecule has 3 rings (SSSR count). The molecule has 4 heteroatoms. The Balaban J connectivity index is 2.12.